The SMILES string of the molecule is CN=C(NC(C)c1ccc(Cl)cc1)NC1C2CCOC2C1(C)C.I. The molecule has 0 bridgehead atoms. The van der Waals surface area contributed by atoms with Gasteiger partial charge in [-0.25, -0.2) is 0 Å². The quantitative estimate of drug-likeness (QED) is 0.405. The number of rotatable bonds is 3. The summed E-state index contributed by atoms with van der Waals surface area (Å²) in [5.41, 5.74) is 1.33. The third-order valence-corrected chi connectivity index (χ3v) is 5.59. The molecule has 1 saturated carbocycles. The maximum Gasteiger partial charge on any atom is 0.191 e. The van der Waals surface area contributed by atoms with Crippen LogP contribution in [0.15, 0.2) is 29.3 Å². The second-order valence-corrected chi connectivity index (χ2v) is 7.61. The predicted octanol–water partition coefficient (Wildman–Crippen LogP) is 4.00. The number of guanidine groups is 1. The van der Waals surface area contributed by atoms with E-state index in [1.54, 1.807) is 0 Å². The molecule has 1 saturated heterocycles. The number of nitrogens with zero attached hydrogens (tertiary/aromatic N) is 1. The summed E-state index contributed by atoms with van der Waals surface area (Å²) >= 11 is 5.96. The summed E-state index contributed by atoms with van der Waals surface area (Å²) in [5.74, 6) is 1.44. The zero-order valence-electron chi connectivity index (χ0n) is 14.7. The van der Waals surface area contributed by atoms with Gasteiger partial charge in [-0.2, -0.15) is 0 Å². The van der Waals surface area contributed by atoms with E-state index in [1.165, 1.54) is 5.56 Å². The maximum atomic E-state index is 5.96. The maximum absolute atomic E-state index is 5.96. The van der Waals surface area contributed by atoms with E-state index < -0.39 is 0 Å². The molecule has 0 spiro atoms. The van der Waals surface area contributed by atoms with Gasteiger partial charge in [0.25, 0.3) is 0 Å². The highest BCUT2D eigenvalue weighted by Crippen LogP contribution is 2.52. The highest BCUT2D eigenvalue weighted by atomic mass is 127. The number of hydrogen-bond donors (Lipinski definition) is 2. The van der Waals surface area contributed by atoms with E-state index in [0.717, 1.165) is 24.0 Å². The number of nitrogens with one attached hydrogen (secondary N) is 2. The lowest BCUT2D eigenvalue weighted by Gasteiger charge is -2.55. The van der Waals surface area contributed by atoms with Gasteiger partial charge in [0.15, 0.2) is 5.96 Å². The summed E-state index contributed by atoms with van der Waals surface area (Å²) in [6.45, 7) is 7.55. The van der Waals surface area contributed by atoms with E-state index in [2.05, 4.69) is 36.4 Å². The van der Waals surface area contributed by atoms with Gasteiger partial charge in [-0.3, -0.25) is 4.99 Å². The number of halogens is 2. The zero-order valence-corrected chi connectivity index (χ0v) is 17.8. The summed E-state index contributed by atoms with van der Waals surface area (Å²) in [5, 5.41) is 7.84. The van der Waals surface area contributed by atoms with Crippen molar-refractivity contribution in [1.82, 2.24) is 10.6 Å². The van der Waals surface area contributed by atoms with Crippen LogP contribution in [0.5, 0.6) is 0 Å². The largest absolute Gasteiger partial charge is 0.377 e. The van der Waals surface area contributed by atoms with Gasteiger partial charge in [0.05, 0.1) is 12.1 Å². The van der Waals surface area contributed by atoms with Crippen molar-refractivity contribution in [3.63, 3.8) is 0 Å². The Balaban J connectivity index is 0.00000208. The minimum atomic E-state index is 0. The lowest BCUT2D eigenvalue weighted by molar-refractivity contribution is -0.106. The van der Waals surface area contributed by atoms with E-state index in [4.69, 9.17) is 16.3 Å². The number of aliphatic imine (C=N–C) groups is 1. The van der Waals surface area contributed by atoms with Crippen molar-refractivity contribution in [2.45, 2.75) is 45.4 Å². The molecule has 0 radical (unpaired) electrons. The smallest absolute Gasteiger partial charge is 0.191 e. The minimum Gasteiger partial charge on any atom is -0.377 e. The summed E-state index contributed by atoms with van der Waals surface area (Å²) in [6.07, 6.45) is 1.52. The van der Waals surface area contributed by atoms with Crippen molar-refractivity contribution < 1.29 is 4.74 Å². The van der Waals surface area contributed by atoms with Gasteiger partial charge in [-0.15, -0.1) is 24.0 Å². The fourth-order valence-corrected chi connectivity index (χ4v) is 4.10. The first-order chi connectivity index (χ1) is 10.9. The number of benzene rings is 1. The zero-order chi connectivity index (χ0) is 16.6. The monoisotopic (exact) mass is 463 g/mol. The summed E-state index contributed by atoms with van der Waals surface area (Å²) < 4.78 is 5.86. The Morgan fingerprint density at radius 2 is 2.00 bits per heavy atom. The first kappa shape index (κ1) is 19.8. The predicted molar refractivity (Wildman–Crippen MR) is 110 cm³/mol. The number of hydrogen-bond acceptors (Lipinski definition) is 2. The Kier molecular flexibility index (Phi) is 6.42. The molecule has 2 N–H and O–H groups in total. The first-order valence-electron chi connectivity index (χ1n) is 8.30. The molecular formula is C18H27ClIN3O. The molecule has 0 aromatic heterocycles. The van der Waals surface area contributed by atoms with Gasteiger partial charge in [0, 0.05) is 36.1 Å². The average Bonchev–Trinajstić information content (AvgIpc) is 2.98. The number of ether oxygens (including phenoxy) is 1. The van der Waals surface area contributed by atoms with Crippen LogP contribution < -0.4 is 10.6 Å². The minimum absolute atomic E-state index is 0. The normalized spacial score (nSPS) is 29.0. The molecule has 1 heterocycles. The molecule has 24 heavy (non-hydrogen) atoms. The third-order valence-electron chi connectivity index (χ3n) is 5.34. The van der Waals surface area contributed by atoms with Crippen molar-refractivity contribution in [2.24, 2.45) is 16.3 Å². The van der Waals surface area contributed by atoms with Crippen LogP contribution in [0, 0.1) is 11.3 Å². The van der Waals surface area contributed by atoms with Crippen LogP contribution in [0.2, 0.25) is 5.02 Å². The molecule has 134 valence electrons. The molecule has 4 nitrogen and oxygen atoms in total. The topological polar surface area (TPSA) is 45.7 Å². The van der Waals surface area contributed by atoms with Crippen molar-refractivity contribution in [3.8, 4) is 0 Å². The molecule has 0 amide bonds. The molecule has 1 aliphatic heterocycles. The van der Waals surface area contributed by atoms with Crippen LogP contribution >= 0.6 is 35.6 Å². The lowest BCUT2D eigenvalue weighted by Crippen LogP contribution is -2.68. The van der Waals surface area contributed by atoms with Crippen molar-refractivity contribution in [1.29, 1.82) is 0 Å². The fourth-order valence-electron chi connectivity index (χ4n) is 3.98. The van der Waals surface area contributed by atoms with Gasteiger partial charge in [0.2, 0.25) is 0 Å². The molecular weight excluding hydrogens is 437 g/mol. The van der Waals surface area contributed by atoms with E-state index in [1.807, 2.05) is 31.3 Å². The average molecular weight is 464 g/mol. The van der Waals surface area contributed by atoms with Gasteiger partial charge in [0.1, 0.15) is 0 Å². The Morgan fingerprint density at radius 3 is 2.62 bits per heavy atom. The summed E-state index contributed by atoms with van der Waals surface area (Å²) in [7, 11) is 1.82. The molecule has 4 atom stereocenters. The fraction of sp³-hybridized carbons (Fsp3) is 0.611. The standard InChI is InChI=1S/C18H26ClN3O.HI/c1-11(12-5-7-13(19)8-6-12)21-17(20-4)22-15-14-9-10-23-16(14)18(15,2)3;/h5-8,11,14-16H,9-10H2,1-4H3,(H2,20,21,22);1H. The Labute approximate surface area is 166 Å². The van der Waals surface area contributed by atoms with Gasteiger partial charge < -0.3 is 15.4 Å². The van der Waals surface area contributed by atoms with E-state index in [0.29, 0.717) is 18.1 Å². The van der Waals surface area contributed by atoms with Crippen LogP contribution in [0.1, 0.15) is 38.8 Å². The summed E-state index contributed by atoms with van der Waals surface area (Å²) in [6, 6.07) is 8.49. The molecule has 2 fully saturated rings. The van der Waals surface area contributed by atoms with Gasteiger partial charge in [-0.1, -0.05) is 37.6 Å². The second-order valence-electron chi connectivity index (χ2n) is 7.18. The Hall–Kier alpha value is -0.530. The van der Waals surface area contributed by atoms with Crippen molar-refractivity contribution in [3.05, 3.63) is 34.9 Å². The molecule has 6 heteroatoms. The van der Waals surface area contributed by atoms with Crippen molar-refractivity contribution >= 4 is 41.5 Å². The van der Waals surface area contributed by atoms with E-state index >= 15 is 0 Å². The first-order valence-corrected chi connectivity index (χ1v) is 8.68. The van der Waals surface area contributed by atoms with Crippen LogP contribution in [-0.2, 0) is 4.74 Å². The van der Waals surface area contributed by atoms with Gasteiger partial charge in [-0.05, 0) is 31.0 Å². The molecule has 1 aromatic rings. The highest BCUT2D eigenvalue weighted by molar-refractivity contribution is 14.0. The van der Waals surface area contributed by atoms with Crippen LogP contribution in [0.25, 0.3) is 0 Å². The molecule has 2 aliphatic rings. The van der Waals surface area contributed by atoms with Crippen LogP contribution in [0.4, 0.5) is 0 Å². The van der Waals surface area contributed by atoms with Crippen LogP contribution in [-0.4, -0.2) is 31.8 Å². The Bertz CT molecular complexity index is 590. The summed E-state index contributed by atoms with van der Waals surface area (Å²) in [4.78, 5) is 4.40. The van der Waals surface area contributed by atoms with E-state index in [-0.39, 0.29) is 35.4 Å². The lowest BCUT2D eigenvalue weighted by atomic mass is 9.57. The van der Waals surface area contributed by atoms with Crippen LogP contribution in [0.3, 0.4) is 0 Å². The van der Waals surface area contributed by atoms with Crippen molar-refractivity contribution in [2.75, 3.05) is 13.7 Å². The highest BCUT2D eigenvalue weighted by Gasteiger charge is 2.59. The molecule has 4 unspecified atom stereocenters. The Morgan fingerprint density at radius 1 is 1.33 bits per heavy atom. The van der Waals surface area contributed by atoms with E-state index in [9.17, 15) is 0 Å². The molecule has 3 rings (SSSR count). The second kappa shape index (κ2) is 7.79. The molecule has 1 aromatic carbocycles. The number of fused-ring (bicyclic) bond motifs is 1. The van der Waals surface area contributed by atoms with Gasteiger partial charge >= 0.3 is 0 Å². The molecule has 1 aliphatic carbocycles. The third kappa shape index (κ3) is 3.68.